The summed E-state index contributed by atoms with van der Waals surface area (Å²) in [5.74, 6) is -0.694. The number of anilines is 3. The Bertz CT molecular complexity index is 1630. The van der Waals surface area contributed by atoms with E-state index < -0.39 is 21.9 Å². The summed E-state index contributed by atoms with van der Waals surface area (Å²) in [6.07, 6.45) is 3.74. The van der Waals surface area contributed by atoms with Crippen molar-refractivity contribution in [3.8, 4) is 0 Å². The van der Waals surface area contributed by atoms with Gasteiger partial charge >= 0.3 is 6.09 Å². The number of carboxylic acid groups (broad SMARTS) is 1. The van der Waals surface area contributed by atoms with E-state index in [0.29, 0.717) is 25.2 Å². The van der Waals surface area contributed by atoms with E-state index in [4.69, 9.17) is 0 Å². The first-order valence-corrected chi connectivity index (χ1v) is 14.0. The molecule has 14 heteroatoms. The van der Waals surface area contributed by atoms with Gasteiger partial charge in [-0.25, -0.2) is 21.6 Å². The minimum absolute atomic E-state index is 0.0187. The summed E-state index contributed by atoms with van der Waals surface area (Å²) >= 11 is 0. The standard InChI is InChI=1S/C25H29FN8O4S/c1-4-33-12-17(11-27-33)28-24-30-22(29-20-14-32(25(35)36)10-9-16(20)3)21-19(26)13-34(23(21)31-24)39(37,38)18-7-5-15(2)6-8-18/h5-8,11-13,16,20H,4,9-10,14H2,1-3H3,(H,35,36)(H2,28,29,30,31)/t16-,20+/m1/s1. The van der Waals surface area contributed by atoms with Gasteiger partial charge in [0.15, 0.2) is 11.5 Å². The molecule has 0 saturated carbocycles. The molecular weight excluding hydrogens is 527 g/mol. The molecule has 3 aromatic heterocycles. The van der Waals surface area contributed by atoms with E-state index in [0.717, 1.165) is 15.7 Å². The third kappa shape index (κ3) is 5.11. The fourth-order valence-electron chi connectivity index (χ4n) is 4.56. The number of halogens is 1. The van der Waals surface area contributed by atoms with Gasteiger partial charge in [-0.15, -0.1) is 0 Å². The zero-order chi connectivity index (χ0) is 27.9. The van der Waals surface area contributed by atoms with Crippen LogP contribution in [-0.4, -0.2) is 67.4 Å². The Labute approximate surface area is 224 Å². The Hall–Kier alpha value is -4.20. The van der Waals surface area contributed by atoms with Crippen molar-refractivity contribution in [2.45, 2.75) is 44.7 Å². The minimum atomic E-state index is -4.20. The largest absolute Gasteiger partial charge is 0.465 e. The number of carbonyl (C=O) groups is 1. The molecule has 0 spiro atoms. The van der Waals surface area contributed by atoms with Gasteiger partial charge in [0.05, 0.1) is 28.4 Å². The second-order valence-corrected chi connectivity index (χ2v) is 11.5. The number of hydrogen-bond acceptors (Lipinski definition) is 8. The third-order valence-electron chi connectivity index (χ3n) is 6.91. The molecule has 1 saturated heterocycles. The number of hydrogen-bond donors (Lipinski definition) is 3. The van der Waals surface area contributed by atoms with Crippen molar-refractivity contribution in [3.05, 3.63) is 54.2 Å². The Morgan fingerprint density at radius 3 is 2.62 bits per heavy atom. The topological polar surface area (TPSA) is 147 Å². The van der Waals surface area contributed by atoms with E-state index in [2.05, 4.69) is 25.7 Å². The molecule has 1 fully saturated rings. The molecule has 4 aromatic rings. The van der Waals surface area contributed by atoms with Gasteiger partial charge in [-0.2, -0.15) is 15.1 Å². The molecule has 1 aliphatic heterocycles. The second kappa shape index (κ2) is 10.2. The van der Waals surface area contributed by atoms with Crippen LogP contribution in [0.2, 0.25) is 0 Å². The van der Waals surface area contributed by atoms with E-state index in [1.54, 1.807) is 29.2 Å². The Morgan fingerprint density at radius 2 is 1.95 bits per heavy atom. The molecule has 0 aliphatic carbocycles. The maximum Gasteiger partial charge on any atom is 0.407 e. The van der Waals surface area contributed by atoms with Crippen LogP contribution < -0.4 is 10.6 Å². The fraction of sp³-hybridized carbons (Fsp3) is 0.360. The average molecular weight is 557 g/mol. The summed E-state index contributed by atoms with van der Waals surface area (Å²) in [4.78, 5) is 21.8. The van der Waals surface area contributed by atoms with Crippen molar-refractivity contribution < 1.29 is 22.7 Å². The Kier molecular flexibility index (Phi) is 6.89. The van der Waals surface area contributed by atoms with Crippen molar-refractivity contribution in [2.75, 3.05) is 23.7 Å². The van der Waals surface area contributed by atoms with E-state index in [-0.39, 0.29) is 46.2 Å². The number of piperidine rings is 1. The summed E-state index contributed by atoms with van der Waals surface area (Å²) in [7, 11) is -4.20. The number of fused-ring (bicyclic) bond motifs is 1. The predicted molar refractivity (Wildman–Crippen MR) is 143 cm³/mol. The first-order valence-electron chi connectivity index (χ1n) is 12.5. The first kappa shape index (κ1) is 26.4. The van der Waals surface area contributed by atoms with Crippen LogP contribution >= 0.6 is 0 Å². The van der Waals surface area contributed by atoms with Crippen LogP contribution in [0.4, 0.5) is 26.6 Å². The molecule has 5 rings (SSSR count). The van der Waals surface area contributed by atoms with Crippen LogP contribution in [0.15, 0.2) is 47.8 Å². The normalized spacial score (nSPS) is 17.9. The highest BCUT2D eigenvalue weighted by molar-refractivity contribution is 7.90. The number of aromatic nitrogens is 5. The minimum Gasteiger partial charge on any atom is -0.465 e. The number of likely N-dealkylation sites (tertiary alicyclic amines) is 1. The monoisotopic (exact) mass is 556 g/mol. The lowest BCUT2D eigenvalue weighted by atomic mass is 9.93. The van der Waals surface area contributed by atoms with Gasteiger partial charge in [-0.05, 0) is 38.3 Å². The van der Waals surface area contributed by atoms with Gasteiger partial charge in [0.1, 0.15) is 5.82 Å². The summed E-state index contributed by atoms with van der Waals surface area (Å²) in [5, 5.41) is 19.8. The average Bonchev–Trinajstić information content (AvgIpc) is 3.49. The van der Waals surface area contributed by atoms with Crippen LogP contribution in [0, 0.1) is 18.7 Å². The SMILES string of the molecule is CCn1cc(Nc2nc(N[C@H]3CN(C(=O)O)CC[C@H]3C)c3c(F)cn(S(=O)(=O)c4ccc(C)cc4)c3n2)cn1. The highest BCUT2D eigenvalue weighted by Gasteiger charge is 2.31. The van der Waals surface area contributed by atoms with Crippen LogP contribution in [0.25, 0.3) is 11.0 Å². The Morgan fingerprint density at radius 1 is 1.21 bits per heavy atom. The van der Waals surface area contributed by atoms with Gasteiger partial charge in [-0.1, -0.05) is 24.6 Å². The van der Waals surface area contributed by atoms with Crippen molar-refractivity contribution >= 4 is 44.6 Å². The van der Waals surface area contributed by atoms with Crippen LogP contribution in [0.1, 0.15) is 25.8 Å². The third-order valence-corrected chi connectivity index (χ3v) is 8.57. The van der Waals surface area contributed by atoms with Crippen molar-refractivity contribution in [1.82, 2.24) is 28.6 Å². The number of rotatable bonds is 7. The van der Waals surface area contributed by atoms with Gasteiger partial charge in [-0.3, -0.25) is 4.68 Å². The molecule has 2 atom stereocenters. The highest BCUT2D eigenvalue weighted by atomic mass is 32.2. The smallest absolute Gasteiger partial charge is 0.407 e. The maximum atomic E-state index is 15.5. The van der Waals surface area contributed by atoms with Gasteiger partial charge in [0, 0.05) is 31.9 Å². The van der Waals surface area contributed by atoms with Crippen molar-refractivity contribution in [3.63, 3.8) is 0 Å². The molecule has 3 N–H and O–H groups in total. The molecule has 4 heterocycles. The number of aryl methyl sites for hydroxylation is 2. The van der Waals surface area contributed by atoms with Gasteiger partial charge < -0.3 is 20.6 Å². The molecular formula is C25H29FN8O4S. The van der Waals surface area contributed by atoms with Gasteiger partial charge in [0.2, 0.25) is 5.95 Å². The summed E-state index contributed by atoms with van der Waals surface area (Å²) < 4.78 is 45.1. The molecule has 0 radical (unpaired) electrons. The molecule has 1 aliphatic rings. The zero-order valence-electron chi connectivity index (χ0n) is 21.7. The zero-order valence-corrected chi connectivity index (χ0v) is 22.5. The maximum absolute atomic E-state index is 15.5. The van der Waals surface area contributed by atoms with Crippen molar-refractivity contribution in [2.24, 2.45) is 5.92 Å². The van der Waals surface area contributed by atoms with Crippen LogP contribution in [0.3, 0.4) is 0 Å². The fourth-order valence-corrected chi connectivity index (χ4v) is 5.86. The lowest BCUT2D eigenvalue weighted by molar-refractivity contribution is 0.122. The molecule has 1 aromatic carbocycles. The summed E-state index contributed by atoms with van der Waals surface area (Å²) in [6, 6.07) is 5.84. The quantitative estimate of drug-likeness (QED) is 0.308. The molecule has 39 heavy (non-hydrogen) atoms. The molecule has 12 nitrogen and oxygen atoms in total. The van der Waals surface area contributed by atoms with Crippen molar-refractivity contribution in [1.29, 1.82) is 0 Å². The highest BCUT2D eigenvalue weighted by Crippen LogP contribution is 2.32. The summed E-state index contributed by atoms with van der Waals surface area (Å²) in [5.41, 5.74) is 1.28. The van der Waals surface area contributed by atoms with E-state index in [1.807, 2.05) is 20.8 Å². The summed E-state index contributed by atoms with van der Waals surface area (Å²) in [6.45, 7) is 6.93. The van der Waals surface area contributed by atoms with E-state index in [9.17, 15) is 18.3 Å². The van der Waals surface area contributed by atoms with Crippen LogP contribution in [0.5, 0.6) is 0 Å². The number of amides is 1. The van der Waals surface area contributed by atoms with Gasteiger partial charge in [0.25, 0.3) is 10.0 Å². The molecule has 0 bridgehead atoms. The molecule has 0 unspecified atom stereocenters. The predicted octanol–water partition coefficient (Wildman–Crippen LogP) is 3.88. The lowest BCUT2D eigenvalue weighted by Crippen LogP contribution is -2.48. The number of benzene rings is 1. The number of nitrogens with zero attached hydrogens (tertiary/aromatic N) is 6. The number of nitrogens with one attached hydrogen (secondary N) is 2. The second-order valence-electron chi connectivity index (χ2n) is 9.64. The molecule has 206 valence electrons. The first-order chi connectivity index (χ1) is 18.6. The van der Waals surface area contributed by atoms with Crippen LogP contribution in [-0.2, 0) is 16.6 Å². The van der Waals surface area contributed by atoms with E-state index >= 15 is 4.39 Å². The lowest BCUT2D eigenvalue weighted by Gasteiger charge is -2.36. The van der Waals surface area contributed by atoms with E-state index in [1.165, 1.54) is 17.0 Å². The molecule has 1 amide bonds. The Balaban J connectivity index is 1.63.